The summed E-state index contributed by atoms with van der Waals surface area (Å²) in [7, 11) is -3.70. The molecule has 0 unspecified atom stereocenters. The van der Waals surface area contributed by atoms with Crippen molar-refractivity contribution in [2.75, 3.05) is 5.75 Å². The largest absolute Gasteiger partial charge is 0.287 e. The van der Waals surface area contributed by atoms with Crippen molar-refractivity contribution < 1.29 is 13.2 Å². The van der Waals surface area contributed by atoms with E-state index >= 15 is 0 Å². The van der Waals surface area contributed by atoms with E-state index in [-0.39, 0.29) is 16.8 Å². The highest BCUT2D eigenvalue weighted by molar-refractivity contribution is 8.15. The van der Waals surface area contributed by atoms with Crippen molar-refractivity contribution in [3.63, 3.8) is 0 Å². The summed E-state index contributed by atoms with van der Waals surface area (Å²) in [5.74, 6) is 0.534. The zero-order valence-corrected chi connectivity index (χ0v) is 14.3. The normalized spacial score (nSPS) is 22.0. The second kappa shape index (κ2) is 6.62. The molecule has 1 aliphatic carbocycles. The molecule has 1 aliphatic heterocycles. The van der Waals surface area contributed by atoms with Crippen LogP contribution in [0.4, 0.5) is 5.69 Å². The van der Waals surface area contributed by atoms with Crippen LogP contribution >= 0.6 is 11.8 Å². The molecule has 2 N–H and O–H groups in total. The fourth-order valence-electron chi connectivity index (χ4n) is 2.98. The highest BCUT2D eigenvalue weighted by Crippen LogP contribution is 2.31. The molecule has 124 valence electrons. The maximum absolute atomic E-state index is 12.2. The summed E-state index contributed by atoms with van der Waals surface area (Å²) in [6.45, 7) is 0. The number of hydrogen-bond acceptors (Lipinski definition) is 5. The monoisotopic (exact) mass is 353 g/mol. The molecule has 0 spiro atoms. The van der Waals surface area contributed by atoms with Gasteiger partial charge in [0.1, 0.15) is 0 Å². The molecule has 1 saturated carbocycles. The number of amides is 1. The molecule has 0 radical (unpaired) electrons. The Kier molecular flexibility index (Phi) is 4.74. The Labute approximate surface area is 140 Å². The van der Waals surface area contributed by atoms with Gasteiger partial charge in [-0.05, 0) is 37.1 Å². The number of benzene rings is 1. The van der Waals surface area contributed by atoms with Gasteiger partial charge in [0.25, 0.3) is 0 Å². The third-order valence-electron chi connectivity index (χ3n) is 4.13. The lowest BCUT2D eigenvalue weighted by Crippen LogP contribution is -2.40. The topological polar surface area (TPSA) is 92.8 Å². The summed E-state index contributed by atoms with van der Waals surface area (Å²) < 4.78 is 22.6. The molecule has 6 nitrogen and oxygen atoms in total. The van der Waals surface area contributed by atoms with Crippen molar-refractivity contribution >= 4 is 38.5 Å². The van der Waals surface area contributed by atoms with Gasteiger partial charge in [-0.25, -0.2) is 18.5 Å². The Bertz CT molecular complexity index is 723. The summed E-state index contributed by atoms with van der Waals surface area (Å²) in [5, 5.41) is 5.80. The maximum Gasteiger partial charge on any atom is 0.239 e. The van der Waals surface area contributed by atoms with Crippen LogP contribution < -0.4 is 5.14 Å². The first-order chi connectivity index (χ1) is 10.9. The van der Waals surface area contributed by atoms with Crippen LogP contribution in [0.25, 0.3) is 0 Å². The second-order valence-electron chi connectivity index (χ2n) is 5.78. The van der Waals surface area contributed by atoms with Gasteiger partial charge in [-0.15, -0.1) is 0 Å². The minimum absolute atomic E-state index is 0.0562. The number of nitrogens with two attached hydrogens (primary N) is 1. The lowest BCUT2D eigenvalue weighted by atomic mass is 9.94. The Morgan fingerprint density at radius 1 is 1.13 bits per heavy atom. The van der Waals surface area contributed by atoms with Crippen LogP contribution in [0.2, 0.25) is 0 Å². The van der Waals surface area contributed by atoms with Crippen LogP contribution in [0.1, 0.15) is 32.1 Å². The van der Waals surface area contributed by atoms with E-state index in [0.717, 1.165) is 25.7 Å². The van der Waals surface area contributed by atoms with Crippen LogP contribution in [0.5, 0.6) is 0 Å². The minimum Gasteiger partial charge on any atom is -0.287 e. The Hall–Kier alpha value is -1.38. The number of nitrogens with zero attached hydrogens (tertiary/aromatic N) is 2. The molecule has 8 heteroatoms. The van der Waals surface area contributed by atoms with Gasteiger partial charge in [-0.2, -0.15) is 0 Å². The highest BCUT2D eigenvalue weighted by atomic mass is 32.2. The van der Waals surface area contributed by atoms with Crippen LogP contribution in [-0.4, -0.2) is 36.2 Å². The lowest BCUT2D eigenvalue weighted by Gasteiger charge is -2.30. The van der Waals surface area contributed by atoms with E-state index in [1.807, 2.05) is 4.90 Å². The first-order valence-corrected chi connectivity index (χ1v) is 10.1. The van der Waals surface area contributed by atoms with E-state index in [0.29, 0.717) is 16.6 Å². The van der Waals surface area contributed by atoms with Gasteiger partial charge >= 0.3 is 0 Å². The van der Waals surface area contributed by atoms with Gasteiger partial charge < -0.3 is 0 Å². The van der Waals surface area contributed by atoms with Crippen LogP contribution in [-0.2, 0) is 14.8 Å². The maximum atomic E-state index is 12.2. The molecule has 1 heterocycles. The van der Waals surface area contributed by atoms with E-state index in [1.165, 1.54) is 30.3 Å². The average Bonchev–Trinajstić information content (AvgIpc) is 2.88. The smallest absolute Gasteiger partial charge is 0.239 e. The molecule has 1 amide bonds. The molecular formula is C15H19N3O3S2. The number of primary sulfonamides is 1. The van der Waals surface area contributed by atoms with Crippen molar-refractivity contribution in [1.29, 1.82) is 0 Å². The van der Waals surface area contributed by atoms with Crippen molar-refractivity contribution in [2.24, 2.45) is 10.1 Å². The van der Waals surface area contributed by atoms with Crippen LogP contribution in [0, 0.1) is 0 Å². The number of aliphatic imine (C=N–C) groups is 1. The second-order valence-corrected chi connectivity index (χ2v) is 8.28. The molecular weight excluding hydrogens is 334 g/mol. The molecule has 1 saturated heterocycles. The zero-order valence-electron chi connectivity index (χ0n) is 12.6. The molecule has 2 fully saturated rings. The quantitative estimate of drug-likeness (QED) is 0.902. The Morgan fingerprint density at radius 2 is 1.78 bits per heavy atom. The molecule has 23 heavy (non-hydrogen) atoms. The molecule has 2 aliphatic rings. The number of hydrogen-bond donors (Lipinski definition) is 1. The molecule has 1 aromatic carbocycles. The number of carbonyl (C=O) groups is 1. The summed E-state index contributed by atoms with van der Waals surface area (Å²) in [5.41, 5.74) is 0.621. The molecule has 3 rings (SSSR count). The Balaban J connectivity index is 1.83. The molecule has 0 atom stereocenters. The summed E-state index contributed by atoms with van der Waals surface area (Å²) >= 11 is 1.44. The Morgan fingerprint density at radius 3 is 2.39 bits per heavy atom. The lowest BCUT2D eigenvalue weighted by molar-refractivity contribution is -0.126. The molecule has 1 aromatic rings. The third-order valence-corrected chi connectivity index (χ3v) is 6.00. The van der Waals surface area contributed by atoms with Gasteiger partial charge in [0.05, 0.1) is 16.3 Å². The van der Waals surface area contributed by atoms with Crippen molar-refractivity contribution in [3.8, 4) is 0 Å². The standard InChI is InChI=1S/C15H19N3O3S2/c16-23(20,21)13-8-6-11(7-9-13)17-15-18(14(19)10-22-15)12-4-2-1-3-5-12/h6-9,12H,1-5,10H2,(H2,16,20,21). The van der Waals surface area contributed by atoms with Gasteiger partial charge in [-0.3, -0.25) is 9.69 Å². The predicted molar refractivity (Wildman–Crippen MR) is 91.1 cm³/mol. The average molecular weight is 353 g/mol. The SMILES string of the molecule is NS(=O)(=O)c1ccc(N=C2SCC(=O)N2C2CCCCC2)cc1. The number of carbonyl (C=O) groups excluding carboxylic acids is 1. The van der Waals surface area contributed by atoms with Crippen molar-refractivity contribution in [1.82, 2.24) is 4.90 Å². The van der Waals surface area contributed by atoms with Gasteiger partial charge in [0.2, 0.25) is 15.9 Å². The van der Waals surface area contributed by atoms with E-state index in [4.69, 9.17) is 5.14 Å². The fraction of sp³-hybridized carbons (Fsp3) is 0.467. The minimum atomic E-state index is -3.70. The van der Waals surface area contributed by atoms with E-state index in [1.54, 1.807) is 12.1 Å². The molecule has 0 aromatic heterocycles. The first-order valence-electron chi connectivity index (χ1n) is 7.61. The van der Waals surface area contributed by atoms with Gasteiger partial charge in [0, 0.05) is 6.04 Å². The third kappa shape index (κ3) is 3.76. The number of amidine groups is 1. The van der Waals surface area contributed by atoms with Gasteiger partial charge in [0.15, 0.2) is 5.17 Å². The molecule has 0 bridgehead atoms. The summed E-state index contributed by atoms with van der Waals surface area (Å²) in [4.78, 5) is 18.6. The van der Waals surface area contributed by atoms with Crippen molar-refractivity contribution in [3.05, 3.63) is 24.3 Å². The first kappa shape index (κ1) is 16.5. The number of sulfonamides is 1. The van der Waals surface area contributed by atoms with E-state index in [9.17, 15) is 13.2 Å². The van der Waals surface area contributed by atoms with Crippen LogP contribution in [0.3, 0.4) is 0 Å². The predicted octanol–water partition coefficient (Wildman–Crippen LogP) is 2.23. The number of rotatable bonds is 3. The van der Waals surface area contributed by atoms with Crippen LogP contribution in [0.15, 0.2) is 34.2 Å². The van der Waals surface area contributed by atoms with Crippen molar-refractivity contribution in [2.45, 2.75) is 43.0 Å². The van der Waals surface area contributed by atoms with E-state index in [2.05, 4.69) is 4.99 Å². The summed E-state index contributed by atoms with van der Waals surface area (Å²) in [6.07, 6.45) is 5.57. The number of thioether (sulfide) groups is 1. The fourth-order valence-corrected chi connectivity index (χ4v) is 4.45. The zero-order chi connectivity index (χ0) is 16.4. The van der Waals surface area contributed by atoms with Gasteiger partial charge in [-0.1, -0.05) is 31.0 Å². The van der Waals surface area contributed by atoms with E-state index < -0.39 is 10.0 Å². The summed E-state index contributed by atoms with van der Waals surface area (Å²) in [6, 6.07) is 6.32. The highest BCUT2D eigenvalue weighted by Gasteiger charge is 2.34.